The van der Waals surface area contributed by atoms with Crippen molar-refractivity contribution < 1.29 is 0 Å². The van der Waals surface area contributed by atoms with Crippen molar-refractivity contribution in [2.45, 2.75) is 30.7 Å². The summed E-state index contributed by atoms with van der Waals surface area (Å²) in [6, 6.07) is 0.541. The van der Waals surface area contributed by atoms with E-state index in [4.69, 9.17) is 0 Å². The molecule has 3 rings (SSSR count). The monoisotopic (exact) mass is 269 g/mol. The molecule has 1 N–H and O–H groups in total. The van der Waals surface area contributed by atoms with Crippen LogP contribution in [0, 0.1) is 0 Å². The van der Waals surface area contributed by atoms with E-state index in [1.54, 1.807) is 0 Å². The van der Waals surface area contributed by atoms with Gasteiger partial charge < -0.3 is 9.88 Å². The van der Waals surface area contributed by atoms with Crippen molar-refractivity contribution in [2.24, 2.45) is 0 Å². The maximum Gasteiger partial charge on any atom is 0.0949 e. The van der Waals surface area contributed by atoms with Crippen LogP contribution in [0.25, 0.3) is 0 Å². The first-order valence-electron chi connectivity index (χ1n) is 6.36. The summed E-state index contributed by atoms with van der Waals surface area (Å²) in [5, 5.41) is 4.33. The number of nitrogens with zero attached hydrogens (tertiary/aromatic N) is 2. The average Bonchev–Trinajstić information content (AvgIpc) is 3.00. The molecule has 2 aliphatic rings. The molecule has 2 atom stereocenters. The van der Waals surface area contributed by atoms with Crippen LogP contribution in [0.1, 0.15) is 24.6 Å². The van der Waals surface area contributed by atoms with Crippen molar-refractivity contribution >= 4 is 23.5 Å². The molecule has 5 heteroatoms. The molecule has 0 aromatic carbocycles. The van der Waals surface area contributed by atoms with E-state index in [2.05, 4.69) is 38.4 Å². The first-order valence-corrected chi connectivity index (χ1v) is 8.56. The number of hydrogen-bond acceptors (Lipinski definition) is 4. The Morgan fingerprint density at radius 2 is 2.47 bits per heavy atom. The molecular formula is C12H19N3S2. The summed E-state index contributed by atoms with van der Waals surface area (Å²) in [6.45, 7) is 2.29. The van der Waals surface area contributed by atoms with Gasteiger partial charge in [0.05, 0.1) is 12.0 Å². The zero-order valence-corrected chi connectivity index (χ0v) is 11.6. The first kappa shape index (κ1) is 11.9. The molecule has 2 saturated heterocycles. The molecule has 2 aliphatic heterocycles. The van der Waals surface area contributed by atoms with E-state index in [0.717, 1.165) is 18.3 Å². The molecule has 0 bridgehead atoms. The van der Waals surface area contributed by atoms with Crippen LogP contribution < -0.4 is 5.32 Å². The van der Waals surface area contributed by atoms with Crippen LogP contribution in [-0.4, -0.2) is 38.6 Å². The summed E-state index contributed by atoms with van der Waals surface area (Å²) < 4.78 is 2.37. The zero-order chi connectivity index (χ0) is 11.5. The summed E-state index contributed by atoms with van der Waals surface area (Å²) in [5.41, 5.74) is 1.39. The number of rotatable bonds is 3. The van der Waals surface area contributed by atoms with E-state index in [9.17, 15) is 0 Å². The lowest BCUT2D eigenvalue weighted by Gasteiger charge is -2.23. The molecule has 2 fully saturated rings. The van der Waals surface area contributed by atoms with Gasteiger partial charge in [-0.25, -0.2) is 4.98 Å². The van der Waals surface area contributed by atoms with Gasteiger partial charge in [0.25, 0.3) is 0 Å². The maximum atomic E-state index is 4.34. The lowest BCUT2D eigenvalue weighted by atomic mass is 10.2. The molecular weight excluding hydrogens is 250 g/mol. The van der Waals surface area contributed by atoms with Crippen molar-refractivity contribution in [3.05, 3.63) is 18.2 Å². The Labute approximate surface area is 111 Å². The first-order chi connectivity index (χ1) is 8.43. The molecule has 0 saturated carbocycles. The highest BCUT2D eigenvalue weighted by atomic mass is 32.2. The van der Waals surface area contributed by atoms with Crippen LogP contribution in [0.2, 0.25) is 0 Å². The maximum absolute atomic E-state index is 4.34. The van der Waals surface area contributed by atoms with E-state index in [-0.39, 0.29) is 0 Å². The Morgan fingerprint density at radius 1 is 1.47 bits per heavy atom. The molecule has 0 spiro atoms. The molecule has 94 valence electrons. The summed E-state index contributed by atoms with van der Waals surface area (Å²) in [4.78, 5) is 4.34. The van der Waals surface area contributed by atoms with Gasteiger partial charge in [-0.05, 0) is 19.4 Å². The molecule has 2 unspecified atom stereocenters. The van der Waals surface area contributed by atoms with Gasteiger partial charge in [-0.1, -0.05) is 0 Å². The van der Waals surface area contributed by atoms with Gasteiger partial charge in [0.2, 0.25) is 0 Å². The Bertz CT molecular complexity index is 354. The minimum absolute atomic E-state index is 0.541. The van der Waals surface area contributed by atoms with Crippen LogP contribution in [0.15, 0.2) is 12.5 Å². The van der Waals surface area contributed by atoms with E-state index in [1.807, 2.05) is 12.5 Å². The van der Waals surface area contributed by atoms with Crippen molar-refractivity contribution in [1.82, 2.24) is 14.9 Å². The summed E-state index contributed by atoms with van der Waals surface area (Å²) in [7, 11) is 0. The largest absolute Gasteiger partial charge is 0.332 e. The topological polar surface area (TPSA) is 29.9 Å². The number of hydrogen-bond donors (Lipinski definition) is 1. The normalized spacial score (nSPS) is 29.6. The van der Waals surface area contributed by atoms with E-state index in [1.165, 1.54) is 35.8 Å². The number of imidazole rings is 1. The average molecular weight is 269 g/mol. The molecule has 1 aromatic rings. The quantitative estimate of drug-likeness (QED) is 0.911. The Hall–Kier alpha value is -0.130. The van der Waals surface area contributed by atoms with Crippen LogP contribution in [0.4, 0.5) is 0 Å². The second-order valence-electron chi connectivity index (χ2n) is 4.69. The van der Waals surface area contributed by atoms with Gasteiger partial charge in [-0.2, -0.15) is 23.5 Å². The van der Waals surface area contributed by atoms with Crippen molar-refractivity contribution in [1.29, 1.82) is 0 Å². The summed E-state index contributed by atoms with van der Waals surface area (Å²) >= 11 is 4.22. The lowest BCUT2D eigenvalue weighted by molar-refractivity contribution is 0.563. The predicted octanol–water partition coefficient (Wildman–Crippen LogP) is 2.16. The predicted molar refractivity (Wildman–Crippen MR) is 75.8 cm³/mol. The molecule has 17 heavy (non-hydrogen) atoms. The Kier molecular flexibility index (Phi) is 3.98. The van der Waals surface area contributed by atoms with Gasteiger partial charge in [0.1, 0.15) is 0 Å². The summed E-state index contributed by atoms with van der Waals surface area (Å²) in [6.07, 6.45) is 6.61. The van der Waals surface area contributed by atoms with Crippen LogP contribution in [0.3, 0.4) is 0 Å². The highest BCUT2D eigenvalue weighted by Crippen LogP contribution is 2.28. The minimum atomic E-state index is 0.541. The Morgan fingerprint density at radius 3 is 3.24 bits per heavy atom. The van der Waals surface area contributed by atoms with Crippen LogP contribution in [-0.2, 0) is 6.54 Å². The minimum Gasteiger partial charge on any atom is -0.332 e. The molecule has 0 aliphatic carbocycles. The van der Waals surface area contributed by atoms with Crippen molar-refractivity contribution in [3.8, 4) is 0 Å². The standard InChI is InChI=1S/C12H19N3S2/c1-2-11(14-3-1)12-6-13-9-15(12)7-10-8-16-4-5-17-10/h6,9-11,14H,1-5,7-8H2. The van der Waals surface area contributed by atoms with E-state index >= 15 is 0 Å². The van der Waals surface area contributed by atoms with Crippen LogP contribution >= 0.6 is 23.5 Å². The molecule has 1 aromatic heterocycles. The van der Waals surface area contributed by atoms with Gasteiger partial charge in [-0.3, -0.25) is 0 Å². The van der Waals surface area contributed by atoms with Crippen molar-refractivity contribution in [3.63, 3.8) is 0 Å². The van der Waals surface area contributed by atoms with E-state index in [0.29, 0.717) is 6.04 Å². The highest BCUT2D eigenvalue weighted by molar-refractivity contribution is 8.06. The molecule has 3 heterocycles. The van der Waals surface area contributed by atoms with Crippen LogP contribution in [0.5, 0.6) is 0 Å². The number of aromatic nitrogens is 2. The number of thioether (sulfide) groups is 2. The summed E-state index contributed by atoms with van der Waals surface area (Å²) in [5.74, 6) is 3.92. The second kappa shape index (κ2) is 5.67. The molecule has 3 nitrogen and oxygen atoms in total. The fraction of sp³-hybridized carbons (Fsp3) is 0.750. The van der Waals surface area contributed by atoms with Gasteiger partial charge >= 0.3 is 0 Å². The van der Waals surface area contributed by atoms with Gasteiger partial charge in [0, 0.05) is 41.3 Å². The third-order valence-corrected chi connectivity index (χ3v) is 6.27. The smallest absolute Gasteiger partial charge is 0.0949 e. The Balaban J connectivity index is 1.67. The third-order valence-electron chi connectivity index (χ3n) is 3.45. The fourth-order valence-corrected chi connectivity index (χ4v) is 5.24. The number of nitrogens with one attached hydrogen (secondary N) is 1. The highest BCUT2D eigenvalue weighted by Gasteiger charge is 2.22. The van der Waals surface area contributed by atoms with E-state index < -0.39 is 0 Å². The fourth-order valence-electron chi connectivity index (χ4n) is 2.57. The lowest BCUT2D eigenvalue weighted by Crippen LogP contribution is -2.23. The zero-order valence-electron chi connectivity index (χ0n) is 9.97. The SMILES string of the molecule is c1ncn(CC2CSCCS2)c1C1CCCN1. The van der Waals surface area contributed by atoms with Gasteiger partial charge in [0.15, 0.2) is 0 Å². The van der Waals surface area contributed by atoms with Gasteiger partial charge in [-0.15, -0.1) is 0 Å². The third kappa shape index (κ3) is 2.83. The molecule has 0 amide bonds. The molecule has 0 radical (unpaired) electrons. The van der Waals surface area contributed by atoms with Crippen molar-refractivity contribution in [2.75, 3.05) is 23.8 Å². The second-order valence-corrected chi connectivity index (χ2v) is 7.25.